The zero-order valence-electron chi connectivity index (χ0n) is 20.7. The van der Waals surface area contributed by atoms with E-state index in [0.29, 0.717) is 30.3 Å². The van der Waals surface area contributed by atoms with Gasteiger partial charge in [-0.3, -0.25) is 4.79 Å². The van der Waals surface area contributed by atoms with E-state index in [1.807, 2.05) is 7.11 Å². The van der Waals surface area contributed by atoms with Gasteiger partial charge in [0.1, 0.15) is 5.60 Å². The first kappa shape index (κ1) is 24.9. The molecule has 1 amide bonds. The molecule has 180 valence electrons. The Hall–Kier alpha value is -0.690. The van der Waals surface area contributed by atoms with Crippen molar-refractivity contribution in [2.24, 2.45) is 17.8 Å². The largest absolute Gasteiger partial charge is 0.381 e. The van der Waals surface area contributed by atoms with Gasteiger partial charge in [0.05, 0.1) is 24.4 Å². The van der Waals surface area contributed by atoms with Crippen LogP contribution >= 0.6 is 0 Å². The fourth-order valence-corrected chi connectivity index (χ4v) is 5.84. The van der Waals surface area contributed by atoms with Crippen LogP contribution in [0.25, 0.3) is 0 Å². The Morgan fingerprint density at radius 2 is 2.00 bits per heavy atom. The maximum Gasteiger partial charge on any atom is 0.219 e. The summed E-state index contributed by atoms with van der Waals surface area (Å²) in [7, 11) is 5.96. The van der Waals surface area contributed by atoms with Crippen molar-refractivity contribution < 1.29 is 19.0 Å². The van der Waals surface area contributed by atoms with Crippen LogP contribution in [0.3, 0.4) is 0 Å². The van der Waals surface area contributed by atoms with Crippen molar-refractivity contribution in [1.29, 1.82) is 0 Å². The molecule has 0 radical (unpaired) electrons. The molecule has 1 aliphatic carbocycles. The minimum absolute atomic E-state index is 0.0394. The lowest BCUT2D eigenvalue weighted by atomic mass is 9.64. The molecule has 0 aromatic rings. The quantitative estimate of drug-likeness (QED) is 0.351. The molecule has 3 rings (SSSR count). The second-order valence-electron chi connectivity index (χ2n) is 11.0. The Morgan fingerprint density at radius 3 is 2.61 bits per heavy atom. The number of nitrogens with zero attached hydrogens (tertiary/aromatic N) is 1. The number of rotatable bonds is 13. The highest BCUT2D eigenvalue weighted by Crippen LogP contribution is 2.60. The molecule has 31 heavy (non-hydrogen) atoms. The number of epoxide rings is 2. The van der Waals surface area contributed by atoms with Crippen LogP contribution in [0.2, 0.25) is 0 Å². The second-order valence-corrected chi connectivity index (χ2v) is 11.0. The summed E-state index contributed by atoms with van der Waals surface area (Å²) in [5.41, 5.74) is -0.170. The first-order valence-electron chi connectivity index (χ1n) is 12.5. The SMILES string of the molecule is CO[C@@H]1C(CCCC(=O)NCCCN(C)C)CC[C@]2(CO2)[C@H]1[C@]1(C)O[C@@H]1CCC(C)C. The van der Waals surface area contributed by atoms with E-state index in [4.69, 9.17) is 14.2 Å². The van der Waals surface area contributed by atoms with Crippen LogP contribution in [0.15, 0.2) is 0 Å². The number of methoxy groups -OCH3 is 1. The third-order valence-corrected chi connectivity index (χ3v) is 7.77. The van der Waals surface area contributed by atoms with Crippen molar-refractivity contribution in [3.63, 3.8) is 0 Å². The van der Waals surface area contributed by atoms with Gasteiger partial charge in [-0.2, -0.15) is 0 Å². The van der Waals surface area contributed by atoms with Crippen molar-refractivity contribution in [3.05, 3.63) is 0 Å². The van der Waals surface area contributed by atoms with Gasteiger partial charge in [0.2, 0.25) is 5.91 Å². The van der Waals surface area contributed by atoms with Crippen LogP contribution in [-0.2, 0) is 19.0 Å². The molecule has 3 fully saturated rings. The lowest BCUT2D eigenvalue weighted by molar-refractivity contribution is -0.121. The zero-order valence-corrected chi connectivity index (χ0v) is 20.7. The van der Waals surface area contributed by atoms with Gasteiger partial charge >= 0.3 is 0 Å². The monoisotopic (exact) mass is 438 g/mol. The summed E-state index contributed by atoms with van der Waals surface area (Å²) in [6.07, 6.45) is 8.54. The lowest BCUT2D eigenvalue weighted by Crippen LogP contribution is -2.52. The minimum Gasteiger partial charge on any atom is -0.381 e. The molecule has 1 unspecified atom stereocenters. The van der Waals surface area contributed by atoms with Crippen LogP contribution in [0, 0.1) is 17.8 Å². The van der Waals surface area contributed by atoms with Gasteiger partial charge in [0.15, 0.2) is 0 Å². The number of amides is 1. The molecule has 6 nitrogen and oxygen atoms in total. The Labute approximate surface area is 189 Å². The van der Waals surface area contributed by atoms with Gasteiger partial charge in [-0.05, 0) is 84.3 Å². The second kappa shape index (κ2) is 10.5. The average molecular weight is 439 g/mol. The maximum atomic E-state index is 12.2. The van der Waals surface area contributed by atoms with Gasteiger partial charge in [0.25, 0.3) is 0 Å². The fraction of sp³-hybridized carbons (Fsp3) is 0.960. The fourth-order valence-electron chi connectivity index (χ4n) is 5.84. The number of nitrogens with one attached hydrogen (secondary N) is 1. The van der Waals surface area contributed by atoms with Crippen molar-refractivity contribution in [1.82, 2.24) is 10.2 Å². The van der Waals surface area contributed by atoms with Gasteiger partial charge in [-0.25, -0.2) is 0 Å². The molecule has 0 bridgehead atoms. The smallest absolute Gasteiger partial charge is 0.219 e. The van der Waals surface area contributed by atoms with E-state index in [0.717, 1.165) is 58.2 Å². The summed E-state index contributed by atoms with van der Waals surface area (Å²) >= 11 is 0. The Bertz CT molecular complexity index is 592. The highest BCUT2D eigenvalue weighted by atomic mass is 16.6. The summed E-state index contributed by atoms with van der Waals surface area (Å²) < 4.78 is 18.5. The number of ether oxygens (including phenoxy) is 3. The topological polar surface area (TPSA) is 66.6 Å². The third kappa shape index (κ3) is 6.21. The Balaban J connectivity index is 1.49. The summed E-state index contributed by atoms with van der Waals surface area (Å²) in [6, 6.07) is 0. The molecular weight excluding hydrogens is 392 g/mol. The highest BCUT2D eigenvalue weighted by molar-refractivity contribution is 5.75. The predicted octanol–water partition coefficient (Wildman–Crippen LogP) is 3.63. The standard InChI is InChI=1S/C25H46N2O4/c1-18(2)11-12-20-24(3,31-20)23-22(29-6)19(13-14-25(23)17-30-25)9-7-10-21(28)26-15-8-16-27(4)5/h18-20,22-23H,7-17H2,1-6H3,(H,26,28)/t19?,20-,22-,23-,24-,25+/m1/s1. The Morgan fingerprint density at radius 1 is 1.26 bits per heavy atom. The molecule has 0 aromatic carbocycles. The first-order chi connectivity index (χ1) is 14.7. The van der Waals surface area contributed by atoms with E-state index >= 15 is 0 Å². The number of hydrogen-bond acceptors (Lipinski definition) is 5. The number of hydrogen-bond donors (Lipinski definition) is 1. The Kier molecular flexibility index (Phi) is 8.44. The molecule has 6 atom stereocenters. The molecule has 2 saturated heterocycles. The molecule has 1 saturated carbocycles. The van der Waals surface area contributed by atoms with E-state index in [-0.39, 0.29) is 23.2 Å². The van der Waals surface area contributed by atoms with Crippen molar-refractivity contribution in [2.75, 3.05) is 40.9 Å². The van der Waals surface area contributed by atoms with Crippen LogP contribution in [0.5, 0.6) is 0 Å². The van der Waals surface area contributed by atoms with Gasteiger partial charge < -0.3 is 24.4 Å². The van der Waals surface area contributed by atoms with Gasteiger partial charge in [-0.1, -0.05) is 13.8 Å². The molecule has 3 aliphatic rings. The molecule has 0 aromatic heterocycles. The number of carbonyl (C=O) groups excluding carboxylic acids is 1. The zero-order chi connectivity index (χ0) is 22.6. The van der Waals surface area contributed by atoms with E-state index in [9.17, 15) is 4.79 Å². The van der Waals surface area contributed by atoms with Gasteiger partial charge in [0, 0.05) is 26.0 Å². The lowest BCUT2D eigenvalue weighted by Gasteiger charge is -2.43. The van der Waals surface area contributed by atoms with E-state index in [2.05, 4.69) is 45.1 Å². The van der Waals surface area contributed by atoms with Crippen LogP contribution in [0.4, 0.5) is 0 Å². The van der Waals surface area contributed by atoms with Crippen LogP contribution in [-0.4, -0.2) is 75.1 Å². The third-order valence-electron chi connectivity index (χ3n) is 7.77. The van der Waals surface area contributed by atoms with Crippen molar-refractivity contribution in [2.45, 2.75) is 95.5 Å². The molecule has 6 heteroatoms. The molecule has 1 spiro atoms. The molecular formula is C25H46N2O4. The molecule has 2 heterocycles. The van der Waals surface area contributed by atoms with Gasteiger partial charge in [-0.15, -0.1) is 0 Å². The first-order valence-corrected chi connectivity index (χ1v) is 12.5. The molecule has 2 aliphatic heterocycles. The highest BCUT2D eigenvalue weighted by Gasteiger charge is 2.71. The van der Waals surface area contributed by atoms with Crippen LogP contribution in [0.1, 0.15) is 72.1 Å². The normalized spacial score (nSPS) is 36.9. The van der Waals surface area contributed by atoms with Crippen molar-refractivity contribution >= 4 is 5.91 Å². The number of carbonyl (C=O) groups is 1. The molecule has 1 N–H and O–H groups in total. The van der Waals surface area contributed by atoms with Crippen LogP contribution < -0.4 is 5.32 Å². The van der Waals surface area contributed by atoms with Crippen molar-refractivity contribution in [3.8, 4) is 0 Å². The average Bonchev–Trinajstić information content (AvgIpc) is 3.62. The summed E-state index contributed by atoms with van der Waals surface area (Å²) in [6.45, 7) is 9.44. The van der Waals surface area contributed by atoms with E-state index in [1.165, 1.54) is 6.42 Å². The summed E-state index contributed by atoms with van der Waals surface area (Å²) in [5, 5.41) is 3.06. The summed E-state index contributed by atoms with van der Waals surface area (Å²) in [4.78, 5) is 14.3. The van der Waals surface area contributed by atoms with E-state index < -0.39 is 0 Å². The predicted molar refractivity (Wildman–Crippen MR) is 123 cm³/mol. The van der Waals surface area contributed by atoms with E-state index in [1.54, 1.807) is 0 Å². The maximum absolute atomic E-state index is 12.2. The minimum atomic E-state index is -0.130. The summed E-state index contributed by atoms with van der Waals surface area (Å²) in [5.74, 6) is 1.64.